The van der Waals surface area contributed by atoms with Gasteiger partial charge in [0.1, 0.15) is 0 Å². The number of rotatable bonds is 0. The molecule has 0 spiro atoms. The van der Waals surface area contributed by atoms with Crippen molar-refractivity contribution in [3.8, 4) is 0 Å². The molecule has 0 fully saturated rings. The van der Waals surface area contributed by atoms with Crippen molar-refractivity contribution in [1.82, 2.24) is 14.2 Å². The van der Waals surface area contributed by atoms with E-state index in [-0.39, 0.29) is 0 Å². The Morgan fingerprint density at radius 1 is 1.50 bits per heavy atom. The minimum absolute atomic E-state index is 0.394. The normalized spacial score (nSPS) is 10.8. The summed E-state index contributed by atoms with van der Waals surface area (Å²) in [5.41, 5.74) is 2.38. The number of nitrogens with one attached hydrogen (secondary N) is 1. The number of hydrogen-bond acceptors (Lipinski definition) is 2. The van der Waals surface area contributed by atoms with Gasteiger partial charge in [-0.05, 0) is 24.6 Å². The Hall–Kier alpha value is -1.58. The highest BCUT2D eigenvalue weighted by molar-refractivity contribution is 5.39. The molecule has 4 heteroatoms. The molecule has 0 unspecified atom stereocenters. The summed E-state index contributed by atoms with van der Waals surface area (Å²) in [5.74, 6) is 0. The lowest BCUT2D eigenvalue weighted by Gasteiger charge is -1.91. The molecule has 0 amide bonds. The zero-order chi connectivity index (χ0) is 8.72. The van der Waals surface area contributed by atoms with E-state index < -0.39 is 0 Å². The van der Waals surface area contributed by atoms with Crippen LogP contribution in [0.4, 0.5) is 0 Å². The zero-order valence-corrected chi connectivity index (χ0v) is 7.07. The van der Waals surface area contributed by atoms with E-state index in [1.807, 2.05) is 25.3 Å². The van der Waals surface area contributed by atoms with Crippen LogP contribution in [-0.2, 0) is 7.05 Å². The fourth-order valence-electron chi connectivity index (χ4n) is 1.20. The van der Waals surface area contributed by atoms with Gasteiger partial charge in [0.15, 0.2) is 5.65 Å². The lowest BCUT2D eigenvalue weighted by molar-refractivity contribution is 0.699. The second kappa shape index (κ2) is 2.20. The van der Waals surface area contributed by atoms with Crippen LogP contribution in [0.3, 0.4) is 0 Å². The molecule has 0 aromatic carbocycles. The van der Waals surface area contributed by atoms with Gasteiger partial charge in [-0.1, -0.05) is 0 Å². The molecule has 4 nitrogen and oxygen atoms in total. The van der Waals surface area contributed by atoms with E-state index in [4.69, 9.17) is 5.41 Å². The lowest BCUT2D eigenvalue weighted by atomic mass is 10.3. The molecular formula is C8H10N4. The number of hydrogen-bond donors (Lipinski definition) is 1. The topological polar surface area (TPSA) is 46.1 Å². The highest BCUT2D eigenvalue weighted by Gasteiger charge is 1.98. The van der Waals surface area contributed by atoms with Gasteiger partial charge in [0.2, 0.25) is 5.62 Å². The summed E-state index contributed by atoms with van der Waals surface area (Å²) in [4.78, 5) is 0. The number of fused-ring (bicyclic) bond motifs is 1. The fraction of sp³-hybridized carbons (Fsp3) is 0.250. The molecule has 2 aromatic rings. The van der Waals surface area contributed by atoms with E-state index in [9.17, 15) is 0 Å². The first-order valence-corrected chi connectivity index (χ1v) is 3.75. The van der Waals surface area contributed by atoms with Crippen LogP contribution in [0.25, 0.3) is 5.65 Å². The molecule has 0 atom stereocenters. The Morgan fingerprint density at radius 2 is 2.25 bits per heavy atom. The number of nitrogens with zero attached hydrogens (tertiary/aromatic N) is 3. The summed E-state index contributed by atoms with van der Waals surface area (Å²) in [7, 11) is 1.77. The average Bonchev–Trinajstić information content (AvgIpc) is 2.28. The molecule has 2 aromatic heterocycles. The first kappa shape index (κ1) is 7.09. The standard InChI is InChI=1S/C8H10N4/c1-6-3-4-12-7(5-6)10-11(2)8(12)9/h3-5,9H,1-2H3. The quantitative estimate of drug-likeness (QED) is 0.601. The van der Waals surface area contributed by atoms with E-state index in [1.54, 1.807) is 16.1 Å². The third kappa shape index (κ3) is 0.845. The first-order valence-electron chi connectivity index (χ1n) is 3.75. The van der Waals surface area contributed by atoms with Crippen molar-refractivity contribution in [2.24, 2.45) is 7.05 Å². The van der Waals surface area contributed by atoms with Gasteiger partial charge in [-0.2, -0.15) is 5.10 Å². The van der Waals surface area contributed by atoms with E-state index in [2.05, 4.69) is 5.10 Å². The van der Waals surface area contributed by atoms with Crippen LogP contribution in [0.5, 0.6) is 0 Å². The molecule has 12 heavy (non-hydrogen) atoms. The maximum atomic E-state index is 7.60. The monoisotopic (exact) mass is 162 g/mol. The van der Waals surface area contributed by atoms with Gasteiger partial charge in [-0.3, -0.25) is 9.81 Å². The van der Waals surface area contributed by atoms with Gasteiger partial charge in [0.25, 0.3) is 0 Å². The maximum Gasteiger partial charge on any atom is 0.224 e. The van der Waals surface area contributed by atoms with Crippen molar-refractivity contribution in [1.29, 1.82) is 5.41 Å². The molecule has 1 N–H and O–H groups in total. The molecule has 2 rings (SSSR count). The summed E-state index contributed by atoms with van der Waals surface area (Å²) < 4.78 is 3.29. The van der Waals surface area contributed by atoms with E-state index in [0.717, 1.165) is 11.2 Å². The molecule has 0 saturated heterocycles. The Balaban J connectivity index is 2.97. The minimum Gasteiger partial charge on any atom is -0.269 e. The summed E-state index contributed by atoms with van der Waals surface area (Å²) in [5, 5.41) is 11.8. The summed E-state index contributed by atoms with van der Waals surface area (Å²) >= 11 is 0. The largest absolute Gasteiger partial charge is 0.269 e. The summed E-state index contributed by atoms with van der Waals surface area (Å²) in [6.07, 6.45) is 1.86. The highest BCUT2D eigenvalue weighted by Crippen LogP contribution is 1.99. The van der Waals surface area contributed by atoms with Crippen LogP contribution < -0.4 is 5.62 Å². The molecule has 2 heterocycles. The van der Waals surface area contributed by atoms with Crippen molar-refractivity contribution in [3.63, 3.8) is 0 Å². The number of pyridine rings is 1. The first-order chi connectivity index (χ1) is 5.68. The van der Waals surface area contributed by atoms with Gasteiger partial charge in [0, 0.05) is 13.2 Å². The van der Waals surface area contributed by atoms with Gasteiger partial charge in [0.05, 0.1) is 0 Å². The van der Waals surface area contributed by atoms with Crippen LogP contribution in [0.1, 0.15) is 5.56 Å². The molecule has 0 radical (unpaired) electrons. The molecule has 0 saturated carbocycles. The fourth-order valence-corrected chi connectivity index (χ4v) is 1.20. The van der Waals surface area contributed by atoms with Crippen molar-refractivity contribution in [2.75, 3.05) is 0 Å². The van der Waals surface area contributed by atoms with Crippen molar-refractivity contribution in [3.05, 3.63) is 29.5 Å². The third-order valence-corrected chi connectivity index (χ3v) is 1.88. The van der Waals surface area contributed by atoms with Crippen LogP contribution in [0.15, 0.2) is 18.3 Å². The van der Waals surface area contributed by atoms with Crippen molar-refractivity contribution in [2.45, 2.75) is 6.92 Å². The molecule has 0 aliphatic heterocycles. The van der Waals surface area contributed by atoms with Crippen LogP contribution >= 0.6 is 0 Å². The Kier molecular flexibility index (Phi) is 1.30. The summed E-state index contributed by atoms with van der Waals surface area (Å²) in [6, 6.07) is 3.92. The Bertz CT molecular complexity index is 477. The van der Waals surface area contributed by atoms with Gasteiger partial charge < -0.3 is 0 Å². The van der Waals surface area contributed by atoms with Crippen molar-refractivity contribution < 1.29 is 0 Å². The highest BCUT2D eigenvalue weighted by atomic mass is 15.4. The van der Waals surface area contributed by atoms with E-state index >= 15 is 0 Å². The van der Waals surface area contributed by atoms with Crippen LogP contribution in [0, 0.1) is 12.3 Å². The molecule has 0 aliphatic rings. The lowest BCUT2D eigenvalue weighted by Crippen LogP contribution is -2.17. The van der Waals surface area contributed by atoms with Gasteiger partial charge >= 0.3 is 0 Å². The molecule has 0 aliphatic carbocycles. The van der Waals surface area contributed by atoms with E-state index in [0.29, 0.717) is 5.62 Å². The van der Waals surface area contributed by atoms with Gasteiger partial charge in [-0.15, -0.1) is 0 Å². The Labute approximate surface area is 69.6 Å². The zero-order valence-electron chi connectivity index (χ0n) is 7.07. The second-order valence-electron chi connectivity index (χ2n) is 2.88. The van der Waals surface area contributed by atoms with E-state index in [1.165, 1.54) is 0 Å². The predicted octanol–water partition coefficient (Wildman–Crippen LogP) is 0.461. The van der Waals surface area contributed by atoms with Crippen LogP contribution in [-0.4, -0.2) is 14.2 Å². The molecular weight excluding hydrogens is 152 g/mol. The van der Waals surface area contributed by atoms with Crippen LogP contribution in [0.2, 0.25) is 0 Å². The van der Waals surface area contributed by atoms with Crippen molar-refractivity contribution >= 4 is 5.65 Å². The van der Waals surface area contributed by atoms with Gasteiger partial charge in [-0.25, -0.2) is 4.68 Å². The SMILES string of the molecule is Cc1ccn2c(=N)n(C)nc2c1. The smallest absolute Gasteiger partial charge is 0.224 e. The summed E-state index contributed by atoms with van der Waals surface area (Å²) in [6.45, 7) is 2.01. The Morgan fingerprint density at radius 3 is 3.00 bits per heavy atom. The number of aryl methyl sites for hydroxylation is 2. The third-order valence-electron chi connectivity index (χ3n) is 1.88. The average molecular weight is 162 g/mol. The minimum atomic E-state index is 0.394. The second-order valence-corrected chi connectivity index (χ2v) is 2.88. The number of aromatic nitrogens is 3. The molecule has 62 valence electrons. The predicted molar refractivity (Wildman–Crippen MR) is 44.8 cm³/mol. The maximum absolute atomic E-state index is 7.60. The molecule has 0 bridgehead atoms.